The van der Waals surface area contributed by atoms with Crippen LogP contribution in [-0.4, -0.2) is 79.2 Å². The Balaban J connectivity index is 2.45. The van der Waals surface area contributed by atoms with Gasteiger partial charge in [0.25, 0.3) is 0 Å². The summed E-state index contributed by atoms with van der Waals surface area (Å²) in [4.78, 5) is 0. The van der Waals surface area contributed by atoms with E-state index in [2.05, 4.69) is 0 Å². The van der Waals surface area contributed by atoms with E-state index in [0.29, 0.717) is 12.8 Å². The lowest BCUT2D eigenvalue weighted by atomic mass is 9.85. The third-order valence-corrected chi connectivity index (χ3v) is 4.45. The highest BCUT2D eigenvalue weighted by Gasteiger charge is 2.70. The van der Waals surface area contributed by atoms with Crippen molar-refractivity contribution in [2.24, 2.45) is 0 Å². The molecule has 136 valence electrons. The van der Waals surface area contributed by atoms with Crippen molar-refractivity contribution in [1.29, 1.82) is 0 Å². The Morgan fingerprint density at radius 2 is 1.09 bits per heavy atom. The molecule has 0 bridgehead atoms. The minimum atomic E-state index is -3.30. The molecule has 4 unspecified atom stereocenters. The molecule has 9 nitrogen and oxygen atoms in total. The number of hydrogen-bond acceptors (Lipinski definition) is 9. The first-order valence-electron chi connectivity index (χ1n) is 7.81. The zero-order chi connectivity index (χ0) is 17.5. The lowest BCUT2D eigenvalue weighted by Gasteiger charge is -2.48. The highest BCUT2D eigenvalue weighted by atomic mass is 16.8. The molecule has 2 rings (SSSR count). The van der Waals surface area contributed by atoms with Crippen molar-refractivity contribution in [2.75, 3.05) is 13.2 Å². The smallest absolute Gasteiger partial charge is 0.309 e. The van der Waals surface area contributed by atoms with E-state index in [-0.39, 0.29) is 26.1 Å². The maximum absolute atomic E-state index is 9.89. The van der Waals surface area contributed by atoms with Crippen LogP contribution in [0.4, 0.5) is 0 Å². The van der Waals surface area contributed by atoms with E-state index < -0.39 is 35.4 Å². The summed E-state index contributed by atoms with van der Waals surface area (Å²) in [5.41, 5.74) is -4.11. The van der Waals surface area contributed by atoms with Crippen molar-refractivity contribution >= 4 is 0 Å². The molecule has 2 heterocycles. The Hall–Kier alpha value is -0.360. The lowest BCUT2D eigenvalue weighted by Crippen LogP contribution is -2.70. The van der Waals surface area contributed by atoms with E-state index in [0.717, 1.165) is 0 Å². The zero-order valence-electron chi connectivity index (χ0n) is 13.3. The summed E-state index contributed by atoms with van der Waals surface area (Å²) in [5, 5.41) is 59.3. The second-order valence-electron chi connectivity index (χ2n) is 6.30. The normalized spacial score (nSPS) is 29.7. The van der Waals surface area contributed by atoms with Gasteiger partial charge >= 0.3 is 11.9 Å². The molecule has 0 saturated carbocycles. The van der Waals surface area contributed by atoms with E-state index >= 15 is 0 Å². The SMILES string of the molecule is CCCC(OC(CCC)(C1CO1)C(O)(O)O)(C1CO1)C(O)(O)O. The van der Waals surface area contributed by atoms with Crippen molar-refractivity contribution < 1.29 is 44.8 Å². The van der Waals surface area contributed by atoms with E-state index in [4.69, 9.17) is 14.2 Å². The quantitative estimate of drug-likeness (QED) is 0.199. The Bertz CT molecular complexity index is 369. The largest absolute Gasteiger partial charge is 0.370 e. The van der Waals surface area contributed by atoms with Gasteiger partial charge in [0, 0.05) is 0 Å². The molecule has 0 amide bonds. The van der Waals surface area contributed by atoms with Gasteiger partial charge in [0.1, 0.15) is 12.2 Å². The highest BCUT2D eigenvalue weighted by molar-refractivity contribution is 5.08. The molecular weight excluding hydrogens is 312 g/mol. The van der Waals surface area contributed by atoms with Crippen molar-refractivity contribution in [1.82, 2.24) is 0 Å². The summed E-state index contributed by atoms with van der Waals surface area (Å²) in [6, 6.07) is 0. The maximum atomic E-state index is 9.89. The number of hydrogen-bond donors (Lipinski definition) is 6. The van der Waals surface area contributed by atoms with Crippen molar-refractivity contribution in [3.63, 3.8) is 0 Å². The molecular formula is C14H26O9. The fourth-order valence-electron chi connectivity index (χ4n) is 3.16. The lowest BCUT2D eigenvalue weighted by molar-refractivity contribution is -0.469. The Morgan fingerprint density at radius 1 is 0.783 bits per heavy atom. The predicted octanol–water partition coefficient (Wildman–Crippen LogP) is -1.86. The van der Waals surface area contributed by atoms with E-state index in [9.17, 15) is 30.6 Å². The van der Waals surface area contributed by atoms with Gasteiger partial charge in [-0.1, -0.05) is 26.7 Å². The van der Waals surface area contributed by atoms with Crippen molar-refractivity contribution in [2.45, 2.75) is 74.9 Å². The standard InChI is InChI=1S/C14H26O9/c1-3-5-11(9-7-21-9,13(15,16)17)23-12(6-4-2,10-8-22-10)14(18,19)20/h9-10,15-20H,3-8H2,1-2H3. The molecule has 0 aromatic rings. The van der Waals surface area contributed by atoms with Crippen LogP contribution in [0, 0.1) is 0 Å². The Kier molecular flexibility index (Phi) is 5.09. The van der Waals surface area contributed by atoms with Crippen molar-refractivity contribution in [3.8, 4) is 0 Å². The van der Waals surface area contributed by atoms with Gasteiger partial charge in [0.15, 0.2) is 11.2 Å². The average Bonchev–Trinajstić information content (AvgIpc) is 3.27. The van der Waals surface area contributed by atoms with Gasteiger partial charge in [-0.15, -0.1) is 0 Å². The first kappa shape index (κ1) is 19.0. The third kappa shape index (κ3) is 3.39. The van der Waals surface area contributed by atoms with Gasteiger partial charge in [-0.05, 0) is 12.8 Å². The fraction of sp³-hybridized carbons (Fsp3) is 1.00. The number of aliphatic hydroxyl groups is 6. The van der Waals surface area contributed by atoms with Gasteiger partial charge < -0.3 is 44.8 Å². The second-order valence-corrected chi connectivity index (χ2v) is 6.30. The zero-order valence-corrected chi connectivity index (χ0v) is 13.3. The average molecular weight is 338 g/mol. The molecule has 0 radical (unpaired) electrons. The topological polar surface area (TPSA) is 156 Å². The minimum absolute atomic E-state index is 0.0462. The van der Waals surface area contributed by atoms with Crippen LogP contribution in [-0.2, 0) is 14.2 Å². The molecule has 2 aliphatic heterocycles. The molecule has 0 spiro atoms. The predicted molar refractivity (Wildman–Crippen MR) is 74.6 cm³/mol. The Labute approximate surface area is 134 Å². The van der Waals surface area contributed by atoms with Crippen molar-refractivity contribution in [3.05, 3.63) is 0 Å². The monoisotopic (exact) mass is 338 g/mol. The molecule has 0 aromatic heterocycles. The molecule has 2 fully saturated rings. The molecule has 4 atom stereocenters. The molecule has 0 aromatic carbocycles. The first-order valence-corrected chi connectivity index (χ1v) is 7.81. The van der Waals surface area contributed by atoms with Crippen LogP contribution in [0.1, 0.15) is 39.5 Å². The van der Waals surface area contributed by atoms with Crippen LogP contribution < -0.4 is 0 Å². The summed E-state index contributed by atoms with van der Waals surface area (Å²) in [5.74, 6) is -6.60. The number of ether oxygens (including phenoxy) is 3. The molecule has 0 aliphatic carbocycles. The van der Waals surface area contributed by atoms with Crippen LogP contribution in [0.15, 0.2) is 0 Å². The van der Waals surface area contributed by atoms with Gasteiger partial charge in [0.05, 0.1) is 13.2 Å². The molecule has 2 aliphatic rings. The van der Waals surface area contributed by atoms with E-state index in [1.807, 2.05) is 0 Å². The number of epoxide rings is 2. The summed E-state index contributed by atoms with van der Waals surface area (Å²) in [6.45, 7) is 3.66. The Morgan fingerprint density at radius 3 is 1.26 bits per heavy atom. The molecule has 9 heteroatoms. The summed E-state index contributed by atoms with van der Waals surface area (Å²) in [7, 11) is 0. The van der Waals surface area contributed by atoms with Crippen LogP contribution in [0.5, 0.6) is 0 Å². The maximum Gasteiger partial charge on any atom is 0.309 e. The van der Waals surface area contributed by atoms with E-state index in [1.165, 1.54) is 0 Å². The third-order valence-electron chi connectivity index (χ3n) is 4.45. The second kappa shape index (κ2) is 6.17. The van der Waals surface area contributed by atoms with Crippen LogP contribution in [0.2, 0.25) is 0 Å². The van der Waals surface area contributed by atoms with Gasteiger partial charge in [-0.2, -0.15) is 0 Å². The molecule has 2 saturated heterocycles. The van der Waals surface area contributed by atoms with Gasteiger partial charge in [0.2, 0.25) is 0 Å². The minimum Gasteiger partial charge on any atom is -0.370 e. The first-order chi connectivity index (χ1) is 10.5. The van der Waals surface area contributed by atoms with Crippen LogP contribution >= 0.6 is 0 Å². The highest BCUT2D eigenvalue weighted by Crippen LogP contribution is 2.48. The van der Waals surface area contributed by atoms with Gasteiger partial charge in [-0.3, -0.25) is 0 Å². The fourth-order valence-corrected chi connectivity index (χ4v) is 3.16. The molecule has 6 N–H and O–H groups in total. The van der Waals surface area contributed by atoms with E-state index in [1.54, 1.807) is 13.8 Å². The number of rotatable bonds is 10. The summed E-state index contributed by atoms with van der Waals surface area (Å²) < 4.78 is 15.9. The van der Waals surface area contributed by atoms with Crippen LogP contribution in [0.25, 0.3) is 0 Å². The molecule has 23 heavy (non-hydrogen) atoms. The summed E-state index contributed by atoms with van der Waals surface area (Å²) >= 11 is 0. The van der Waals surface area contributed by atoms with Crippen LogP contribution in [0.3, 0.4) is 0 Å². The summed E-state index contributed by atoms with van der Waals surface area (Å²) in [6.07, 6.45) is -1.05. The van der Waals surface area contributed by atoms with Gasteiger partial charge in [-0.25, -0.2) is 0 Å².